The number of aryl methyl sites for hydroxylation is 1. The van der Waals surface area contributed by atoms with Crippen LogP contribution in [0.3, 0.4) is 0 Å². The SMILES string of the molecule is COc1cc(CNC(=O)CCCN(c2cccc(C)c2C)S(C)(=O)=O)ccc1OC(C)C. The van der Waals surface area contributed by atoms with Crippen LogP contribution in [0.4, 0.5) is 5.69 Å². The number of sulfonamides is 1. The Balaban J connectivity index is 1.94. The molecule has 2 aromatic carbocycles. The topological polar surface area (TPSA) is 84.9 Å². The van der Waals surface area contributed by atoms with E-state index in [1.807, 2.05) is 58.0 Å². The lowest BCUT2D eigenvalue weighted by Gasteiger charge is -2.24. The maximum absolute atomic E-state index is 12.3. The van der Waals surface area contributed by atoms with E-state index in [2.05, 4.69) is 5.32 Å². The number of ether oxygens (including phenoxy) is 2. The summed E-state index contributed by atoms with van der Waals surface area (Å²) in [6, 6.07) is 11.1. The molecule has 1 amide bonds. The van der Waals surface area contributed by atoms with Crippen molar-refractivity contribution in [1.29, 1.82) is 0 Å². The molecule has 176 valence electrons. The van der Waals surface area contributed by atoms with Gasteiger partial charge in [-0.3, -0.25) is 9.10 Å². The van der Waals surface area contributed by atoms with Crippen LogP contribution in [0.25, 0.3) is 0 Å². The number of carbonyl (C=O) groups excluding carboxylic acids is 1. The van der Waals surface area contributed by atoms with Gasteiger partial charge in [-0.2, -0.15) is 0 Å². The highest BCUT2D eigenvalue weighted by molar-refractivity contribution is 7.92. The predicted molar refractivity (Wildman–Crippen MR) is 128 cm³/mol. The van der Waals surface area contributed by atoms with Gasteiger partial charge in [-0.1, -0.05) is 18.2 Å². The second-order valence-electron chi connectivity index (χ2n) is 8.09. The van der Waals surface area contributed by atoms with Crippen LogP contribution in [-0.4, -0.2) is 40.3 Å². The Hall–Kier alpha value is -2.74. The van der Waals surface area contributed by atoms with Gasteiger partial charge in [-0.15, -0.1) is 0 Å². The lowest BCUT2D eigenvalue weighted by Crippen LogP contribution is -2.32. The van der Waals surface area contributed by atoms with E-state index >= 15 is 0 Å². The zero-order valence-corrected chi connectivity index (χ0v) is 20.6. The summed E-state index contributed by atoms with van der Waals surface area (Å²) in [6.07, 6.45) is 1.86. The maximum Gasteiger partial charge on any atom is 0.232 e. The van der Waals surface area contributed by atoms with E-state index in [-0.39, 0.29) is 25.0 Å². The van der Waals surface area contributed by atoms with Gasteiger partial charge in [0.05, 0.1) is 25.2 Å². The van der Waals surface area contributed by atoms with Crippen LogP contribution in [0.15, 0.2) is 36.4 Å². The first-order valence-electron chi connectivity index (χ1n) is 10.7. The average Bonchev–Trinajstić information content (AvgIpc) is 2.71. The van der Waals surface area contributed by atoms with Gasteiger partial charge >= 0.3 is 0 Å². The van der Waals surface area contributed by atoms with Crippen molar-refractivity contribution in [2.24, 2.45) is 0 Å². The van der Waals surface area contributed by atoms with E-state index in [1.165, 1.54) is 10.6 Å². The summed E-state index contributed by atoms with van der Waals surface area (Å²) in [5.41, 5.74) is 3.48. The molecule has 8 heteroatoms. The molecule has 0 saturated carbocycles. The number of benzene rings is 2. The molecule has 0 radical (unpaired) electrons. The lowest BCUT2D eigenvalue weighted by atomic mass is 10.1. The third-order valence-electron chi connectivity index (χ3n) is 5.09. The molecule has 2 aromatic rings. The second kappa shape index (κ2) is 11.2. The van der Waals surface area contributed by atoms with Crippen molar-refractivity contribution in [2.75, 3.05) is 24.2 Å². The Labute approximate surface area is 191 Å². The van der Waals surface area contributed by atoms with Gasteiger partial charge in [0.1, 0.15) is 0 Å². The van der Waals surface area contributed by atoms with E-state index in [0.717, 1.165) is 16.7 Å². The van der Waals surface area contributed by atoms with Crippen molar-refractivity contribution in [2.45, 2.75) is 53.2 Å². The van der Waals surface area contributed by atoms with Crippen molar-refractivity contribution < 1.29 is 22.7 Å². The Kier molecular flexibility index (Phi) is 8.95. The zero-order valence-electron chi connectivity index (χ0n) is 19.8. The minimum Gasteiger partial charge on any atom is -0.493 e. The number of rotatable bonds is 11. The van der Waals surface area contributed by atoms with Crippen LogP contribution in [-0.2, 0) is 21.4 Å². The Morgan fingerprint density at radius 3 is 2.47 bits per heavy atom. The molecule has 1 N–H and O–H groups in total. The van der Waals surface area contributed by atoms with Gasteiger partial charge in [-0.05, 0) is 69.0 Å². The molecule has 0 aliphatic heterocycles. The molecule has 0 saturated heterocycles. The molecule has 32 heavy (non-hydrogen) atoms. The first-order chi connectivity index (χ1) is 15.0. The van der Waals surface area contributed by atoms with Gasteiger partial charge in [0, 0.05) is 19.5 Å². The van der Waals surface area contributed by atoms with E-state index in [0.29, 0.717) is 30.2 Å². The minimum absolute atomic E-state index is 0.0320. The monoisotopic (exact) mass is 462 g/mol. The quantitative estimate of drug-likeness (QED) is 0.546. The van der Waals surface area contributed by atoms with Crippen molar-refractivity contribution in [3.8, 4) is 11.5 Å². The molecule has 0 heterocycles. The van der Waals surface area contributed by atoms with E-state index in [9.17, 15) is 13.2 Å². The normalized spacial score (nSPS) is 11.3. The molecular weight excluding hydrogens is 428 g/mol. The lowest BCUT2D eigenvalue weighted by molar-refractivity contribution is -0.121. The second-order valence-corrected chi connectivity index (χ2v) is 9.99. The van der Waals surface area contributed by atoms with Crippen molar-refractivity contribution in [3.63, 3.8) is 0 Å². The van der Waals surface area contributed by atoms with Gasteiger partial charge < -0.3 is 14.8 Å². The molecule has 0 unspecified atom stereocenters. The number of amides is 1. The molecule has 0 aliphatic rings. The highest BCUT2D eigenvalue weighted by Gasteiger charge is 2.20. The summed E-state index contributed by atoms with van der Waals surface area (Å²) in [5, 5.41) is 2.88. The van der Waals surface area contributed by atoms with Gasteiger partial charge in [0.2, 0.25) is 15.9 Å². The standard InChI is InChI=1S/C24H34N2O5S/c1-17(2)31-22-13-12-20(15-23(22)30-5)16-25-24(27)11-8-14-26(32(6,28)29)21-10-7-9-18(3)19(21)4/h7,9-10,12-13,15,17H,8,11,14,16H2,1-6H3,(H,25,27). The van der Waals surface area contributed by atoms with Gasteiger partial charge in [-0.25, -0.2) is 8.42 Å². The fraction of sp³-hybridized carbons (Fsp3) is 0.458. The number of methoxy groups -OCH3 is 1. The van der Waals surface area contributed by atoms with Gasteiger partial charge in [0.15, 0.2) is 11.5 Å². The zero-order chi connectivity index (χ0) is 23.9. The van der Waals surface area contributed by atoms with Crippen molar-refractivity contribution >= 4 is 21.6 Å². The fourth-order valence-corrected chi connectivity index (χ4v) is 4.33. The van der Waals surface area contributed by atoms with Crippen LogP contribution in [0.5, 0.6) is 11.5 Å². The highest BCUT2D eigenvalue weighted by Crippen LogP contribution is 2.29. The summed E-state index contributed by atoms with van der Waals surface area (Å²) in [7, 11) is -1.88. The van der Waals surface area contributed by atoms with E-state index in [4.69, 9.17) is 9.47 Å². The number of nitrogens with zero attached hydrogens (tertiary/aromatic N) is 1. The molecular formula is C24H34N2O5S. The van der Waals surface area contributed by atoms with Crippen molar-refractivity contribution in [3.05, 3.63) is 53.1 Å². The Morgan fingerprint density at radius 2 is 1.84 bits per heavy atom. The fourth-order valence-electron chi connectivity index (χ4n) is 3.32. The average molecular weight is 463 g/mol. The number of nitrogens with one attached hydrogen (secondary N) is 1. The number of hydrogen-bond donors (Lipinski definition) is 1. The Bertz CT molecular complexity index is 1030. The number of carbonyl (C=O) groups is 1. The molecule has 0 aromatic heterocycles. The van der Waals surface area contributed by atoms with Crippen molar-refractivity contribution in [1.82, 2.24) is 5.32 Å². The third kappa shape index (κ3) is 7.15. The van der Waals surface area contributed by atoms with Crippen LogP contribution in [0.1, 0.15) is 43.4 Å². The summed E-state index contributed by atoms with van der Waals surface area (Å²) < 4.78 is 37.1. The first kappa shape index (κ1) is 25.5. The molecule has 0 bridgehead atoms. The predicted octanol–water partition coefficient (Wildman–Crippen LogP) is 3.96. The highest BCUT2D eigenvalue weighted by atomic mass is 32.2. The van der Waals surface area contributed by atoms with Crippen LogP contribution in [0, 0.1) is 13.8 Å². The molecule has 0 fully saturated rings. The smallest absolute Gasteiger partial charge is 0.232 e. The molecule has 2 rings (SSSR count). The third-order valence-corrected chi connectivity index (χ3v) is 6.27. The summed E-state index contributed by atoms with van der Waals surface area (Å²) in [4.78, 5) is 12.3. The van der Waals surface area contributed by atoms with E-state index < -0.39 is 10.0 Å². The number of anilines is 1. The van der Waals surface area contributed by atoms with Crippen LogP contribution < -0.4 is 19.1 Å². The summed E-state index contributed by atoms with van der Waals surface area (Å²) >= 11 is 0. The summed E-state index contributed by atoms with van der Waals surface area (Å²) in [6.45, 7) is 8.33. The minimum atomic E-state index is -3.46. The molecule has 7 nitrogen and oxygen atoms in total. The van der Waals surface area contributed by atoms with Gasteiger partial charge in [0.25, 0.3) is 0 Å². The molecule has 0 aliphatic carbocycles. The number of hydrogen-bond acceptors (Lipinski definition) is 5. The first-order valence-corrected chi connectivity index (χ1v) is 12.5. The summed E-state index contributed by atoms with van der Waals surface area (Å²) in [5.74, 6) is 1.13. The Morgan fingerprint density at radius 1 is 1.12 bits per heavy atom. The maximum atomic E-state index is 12.3. The molecule has 0 spiro atoms. The largest absolute Gasteiger partial charge is 0.493 e. The van der Waals surface area contributed by atoms with Crippen LogP contribution >= 0.6 is 0 Å². The molecule has 0 atom stereocenters. The van der Waals surface area contributed by atoms with Crippen LogP contribution in [0.2, 0.25) is 0 Å². The van der Waals surface area contributed by atoms with E-state index in [1.54, 1.807) is 13.2 Å².